The molecule has 0 saturated heterocycles. The van der Waals surface area contributed by atoms with E-state index in [0.29, 0.717) is 28.8 Å². The molecule has 0 fully saturated rings. The molecule has 1 N–H and O–H groups in total. The van der Waals surface area contributed by atoms with E-state index in [9.17, 15) is 4.79 Å². The number of benzene rings is 1. The Morgan fingerprint density at radius 3 is 2.14 bits per heavy atom. The topological polar surface area (TPSA) is 95.7 Å². The van der Waals surface area contributed by atoms with Crippen molar-refractivity contribution in [2.24, 2.45) is 0 Å². The second-order valence-corrected chi connectivity index (χ2v) is 3.99. The second kappa shape index (κ2) is 6.12. The van der Waals surface area contributed by atoms with Crippen LogP contribution in [0.15, 0.2) is 16.5 Å². The van der Waals surface area contributed by atoms with Gasteiger partial charge in [-0.05, 0) is 0 Å². The number of ether oxygens (including phenoxy) is 3. The summed E-state index contributed by atoms with van der Waals surface area (Å²) in [5.74, 6) is 0.950. The zero-order valence-electron chi connectivity index (χ0n) is 12.1. The Morgan fingerprint density at radius 1 is 1.10 bits per heavy atom. The number of aryl methyl sites for hydroxylation is 1. The number of anilines is 1. The fraction of sp³-hybridized carbons (Fsp3) is 0.308. The van der Waals surface area contributed by atoms with Crippen LogP contribution in [0.1, 0.15) is 16.6 Å². The van der Waals surface area contributed by atoms with Gasteiger partial charge in [0.05, 0.1) is 21.3 Å². The SMILES string of the molecule is COc1cc(NC(=O)c2nnc(C)o2)cc(OC)c1OC. The van der Waals surface area contributed by atoms with Crippen LogP contribution >= 0.6 is 0 Å². The lowest BCUT2D eigenvalue weighted by molar-refractivity contribution is 0.0989. The molecule has 21 heavy (non-hydrogen) atoms. The van der Waals surface area contributed by atoms with Crippen molar-refractivity contribution in [3.8, 4) is 17.2 Å². The summed E-state index contributed by atoms with van der Waals surface area (Å²) in [6.45, 7) is 1.60. The van der Waals surface area contributed by atoms with Crippen LogP contribution in [0.5, 0.6) is 17.2 Å². The number of hydrogen-bond donors (Lipinski definition) is 1. The van der Waals surface area contributed by atoms with Gasteiger partial charge < -0.3 is 23.9 Å². The molecule has 1 heterocycles. The van der Waals surface area contributed by atoms with Gasteiger partial charge in [0, 0.05) is 24.7 Å². The Hall–Kier alpha value is -2.77. The molecule has 2 aromatic rings. The van der Waals surface area contributed by atoms with E-state index in [1.807, 2.05) is 0 Å². The summed E-state index contributed by atoms with van der Waals surface area (Å²) in [6.07, 6.45) is 0. The van der Waals surface area contributed by atoms with Crippen molar-refractivity contribution >= 4 is 11.6 Å². The number of carbonyl (C=O) groups excluding carboxylic acids is 1. The van der Waals surface area contributed by atoms with E-state index >= 15 is 0 Å². The molecule has 1 amide bonds. The van der Waals surface area contributed by atoms with Crippen molar-refractivity contribution < 1.29 is 23.4 Å². The Morgan fingerprint density at radius 2 is 1.71 bits per heavy atom. The fourth-order valence-electron chi connectivity index (χ4n) is 1.73. The van der Waals surface area contributed by atoms with Gasteiger partial charge in [-0.25, -0.2) is 0 Å². The van der Waals surface area contributed by atoms with Crippen molar-refractivity contribution in [1.82, 2.24) is 10.2 Å². The fourth-order valence-corrected chi connectivity index (χ4v) is 1.73. The summed E-state index contributed by atoms with van der Waals surface area (Å²) in [7, 11) is 4.48. The quantitative estimate of drug-likeness (QED) is 0.895. The van der Waals surface area contributed by atoms with E-state index in [-0.39, 0.29) is 5.89 Å². The molecule has 0 spiro atoms. The molecule has 112 valence electrons. The van der Waals surface area contributed by atoms with Crippen molar-refractivity contribution in [2.45, 2.75) is 6.92 Å². The van der Waals surface area contributed by atoms with Crippen molar-refractivity contribution in [3.05, 3.63) is 23.9 Å². The minimum Gasteiger partial charge on any atom is -0.493 e. The molecule has 0 aliphatic rings. The third kappa shape index (κ3) is 3.04. The minimum absolute atomic E-state index is 0.124. The largest absolute Gasteiger partial charge is 0.493 e. The predicted molar refractivity (Wildman–Crippen MR) is 73.1 cm³/mol. The molecule has 0 saturated carbocycles. The first-order valence-electron chi connectivity index (χ1n) is 6.00. The van der Waals surface area contributed by atoms with Gasteiger partial charge in [0.2, 0.25) is 11.6 Å². The van der Waals surface area contributed by atoms with Gasteiger partial charge in [-0.2, -0.15) is 0 Å². The lowest BCUT2D eigenvalue weighted by atomic mass is 10.2. The van der Waals surface area contributed by atoms with E-state index in [4.69, 9.17) is 18.6 Å². The van der Waals surface area contributed by atoms with Crippen LogP contribution in [0.25, 0.3) is 0 Å². The van der Waals surface area contributed by atoms with Gasteiger partial charge in [0.15, 0.2) is 11.5 Å². The maximum Gasteiger partial charge on any atom is 0.313 e. The standard InChI is InChI=1S/C13H15N3O5/c1-7-15-16-13(21-7)12(17)14-8-5-9(18-2)11(20-4)10(6-8)19-3/h5-6H,1-4H3,(H,14,17). The van der Waals surface area contributed by atoms with Gasteiger partial charge in [0.25, 0.3) is 0 Å². The van der Waals surface area contributed by atoms with Crippen LogP contribution < -0.4 is 19.5 Å². The van der Waals surface area contributed by atoms with Crippen molar-refractivity contribution in [3.63, 3.8) is 0 Å². The van der Waals surface area contributed by atoms with E-state index in [1.165, 1.54) is 21.3 Å². The summed E-state index contributed by atoms with van der Waals surface area (Å²) in [5.41, 5.74) is 0.449. The first-order chi connectivity index (χ1) is 10.1. The predicted octanol–water partition coefficient (Wildman–Crippen LogP) is 1.66. The van der Waals surface area contributed by atoms with Crippen LogP contribution in [0.4, 0.5) is 5.69 Å². The van der Waals surface area contributed by atoms with Gasteiger partial charge in [-0.3, -0.25) is 4.79 Å². The molecule has 0 atom stereocenters. The summed E-state index contributed by atoms with van der Waals surface area (Å²) in [4.78, 5) is 12.0. The molecule has 0 radical (unpaired) electrons. The number of amides is 1. The highest BCUT2D eigenvalue weighted by Crippen LogP contribution is 2.39. The third-order valence-electron chi connectivity index (χ3n) is 2.64. The summed E-state index contributed by atoms with van der Waals surface area (Å²) < 4.78 is 20.7. The molecule has 0 unspecified atom stereocenters. The molecule has 1 aromatic carbocycles. The lowest BCUT2D eigenvalue weighted by Crippen LogP contribution is -2.12. The average molecular weight is 293 g/mol. The smallest absolute Gasteiger partial charge is 0.313 e. The Balaban J connectivity index is 2.29. The summed E-state index contributed by atoms with van der Waals surface area (Å²) in [5, 5.41) is 9.86. The third-order valence-corrected chi connectivity index (χ3v) is 2.64. The number of nitrogens with zero attached hydrogens (tertiary/aromatic N) is 2. The van der Waals surface area contributed by atoms with Gasteiger partial charge >= 0.3 is 11.8 Å². The number of carbonyl (C=O) groups is 1. The highest BCUT2D eigenvalue weighted by Gasteiger charge is 2.17. The summed E-state index contributed by atoms with van der Waals surface area (Å²) >= 11 is 0. The van der Waals surface area contributed by atoms with Crippen LogP contribution in [-0.2, 0) is 0 Å². The number of hydrogen-bond acceptors (Lipinski definition) is 7. The van der Waals surface area contributed by atoms with Crippen LogP contribution in [0.3, 0.4) is 0 Å². The average Bonchev–Trinajstić information content (AvgIpc) is 2.92. The molecule has 0 bridgehead atoms. The maximum atomic E-state index is 12.0. The molecular weight excluding hydrogens is 278 g/mol. The molecule has 0 aliphatic heterocycles. The zero-order chi connectivity index (χ0) is 15.4. The van der Waals surface area contributed by atoms with Gasteiger partial charge in [-0.15, -0.1) is 10.2 Å². The maximum absolute atomic E-state index is 12.0. The lowest BCUT2D eigenvalue weighted by Gasteiger charge is -2.14. The van der Waals surface area contributed by atoms with E-state index in [0.717, 1.165) is 0 Å². The van der Waals surface area contributed by atoms with Crippen molar-refractivity contribution in [1.29, 1.82) is 0 Å². The van der Waals surface area contributed by atoms with Crippen LogP contribution in [0, 0.1) is 6.92 Å². The highest BCUT2D eigenvalue weighted by atomic mass is 16.5. The van der Waals surface area contributed by atoms with Gasteiger partial charge in [-0.1, -0.05) is 0 Å². The zero-order valence-corrected chi connectivity index (χ0v) is 12.1. The van der Waals surface area contributed by atoms with E-state index in [2.05, 4.69) is 15.5 Å². The Bertz CT molecular complexity index is 628. The molecule has 0 aliphatic carbocycles. The number of nitrogens with one attached hydrogen (secondary N) is 1. The monoisotopic (exact) mass is 293 g/mol. The highest BCUT2D eigenvalue weighted by molar-refractivity contribution is 6.01. The first kappa shape index (κ1) is 14.6. The molecule has 2 rings (SSSR count). The molecule has 1 aromatic heterocycles. The number of methoxy groups -OCH3 is 3. The molecular formula is C13H15N3O5. The number of rotatable bonds is 5. The summed E-state index contributed by atoms with van der Waals surface area (Å²) in [6, 6.07) is 3.20. The first-order valence-corrected chi connectivity index (χ1v) is 6.00. The van der Waals surface area contributed by atoms with E-state index in [1.54, 1.807) is 19.1 Å². The van der Waals surface area contributed by atoms with Crippen LogP contribution in [0.2, 0.25) is 0 Å². The molecule has 8 heteroatoms. The molecule has 8 nitrogen and oxygen atoms in total. The Labute approximate surface area is 121 Å². The van der Waals surface area contributed by atoms with Crippen molar-refractivity contribution in [2.75, 3.05) is 26.6 Å². The van der Waals surface area contributed by atoms with Gasteiger partial charge in [0.1, 0.15) is 0 Å². The Kier molecular flexibility index (Phi) is 4.27. The normalized spacial score (nSPS) is 10.1. The van der Waals surface area contributed by atoms with Crippen LogP contribution in [-0.4, -0.2) is 37.4 Å². The van der Waals surface area contributed by atoms with E-state index < -0.39 is 5.91 Å². The minimum atomic E-state index is -0.523. The number of aromatic nitrogens is 2. The second-order valence-electron chi connectivity index (χ2n) is 3.99.